The van der Waals surface area contributed by atoms with Crippen LogP contribution in [-0.2, 0) is 4.74 Å². The van der Waals surface area contributed by atoms with Crippen LogP contribution in [0.25, 0.3) is 10.9 Å². The molecular weight excluding hydrogens is 332 g/mol. The summed E-state index contributed by atoms with van der Waals surface area (Å²) in [6.45, 7) is 2.95. The van der Waals surface area contributed by atoms with Crippen molar-refractivity contribution in [2.75, 3.05) is 19.7 Å². The summed E-state index contributed by atoms with van der Waals surface area (Å²) in [7, 11) is 0. The standard InChI is InChI=1S/C19H18N4O3/c1-12-21-16(9-18(24)22-12)17-11-23(6-7-26-17)19(25)14-8-13-4-2-3-5-15(13)20-10-14/h2-5,8-10,17H,6-7,11H2,1H3,(H,21,22,24)/t17-/m0/s1. The number of H-pyrrole nitrogens is 1. The Morgan fingerprint density at radius 1 is 1.31 bits per heavy atom. The van der Waals surface area contributed by atoms with E-state index in [1.54, 1.807) is 18.0 Å². The molecule has 0 saturated carbocycles. The number of amides is 1. The number of morpholine rings is 1. The van der Waals surface area contributed by atoms with Gasteiger partial charge in [0.05, 0.1) is 29.9 Å². The molecule has 7 nitrogen and oxygen atoms in total. The average molecular weight is 350 g/mol. The number of nitrogens with zero attached hydrogens (tertiary/aromatic N) is 3. The summed E-state index contributed by atoms with van der Waals surface area (Å²) in [5.41, 5.74) is 1.71. The average Bonchev–Trinajstić information content (AvgIpc) is 2.66. The Bertz CT molecular complexity index is 1030. The molecule has 1 aliphatic rings. The maximum absolute atomic E-state index is 12.9. The number of hydrogen-bond donors (Lipinski definition) is 1. The van der Waals surface area contributed by atoms with E-state index in [9.17, 15) is 9.59 Å². The van der Waals surface area contributed by atoms with E-state index in [2.05, 4.69) is 15.0 Å². The van der Waals surface area contributed by atoms with E-state index in [1.165, 1.54) is 6.07 Å². The first-order valence-electron chi connectivity index (χ1n) is 8.44. The third-order valence-electron chi connectivity index (χ3n) is 4.40. The van der Waals surface area contributed by atoms with Crippen molar-refractivity contribution in [1.29, 1.82) is 0 Å². The molecule has 1 aromatic carbocycles. The predicted molar refractivity (Wildman–Crippen MR) is 95.9 cm³/mol. The fourth-order valence-electron chi connectivity index (χ4n) is 3.15. The molecule has 1 fully saturated rings. The van der Waals surface area contributed by atoms with Gasteiger partial charge in [-0.05, 0) is 19.1 Å². The number of carbonyl (C=O) groups excluding carboxylic acids is 1. The molecular formula is C19H18N4O3. The Morgan fingerprint density at radius 2 is 2.15 bits per heavy atom. The van der Waals surface area contributed by atoms with Gasteiger partial charge in [0, 0.05) is 24.2 Å². The third-order valence-corrected chi connectivity index (χ3v) is 4.40. The van der Waals surface area contributed by atoms with Crippen LogP contribution in [0.5, 0.6) is 0 Å². The van der Waals surface area contributed by atoms with Crippen LogP contribution >= 0.6 is 0 Å². The molecule has 0 aliphatic carbocycles. The predicted octanol–water partition coefficient (Wildman–Crippen LogP) is 1.84. The van der Waals surface area contributed by atoms with E-state index >= 15 is 0 Å². The molecule has 1 atom stereocenters. The van der Waals surface area contributed by atoms with Crippen molar-refractivity contribution in [3.05, 3.63) is 70.0 Å². The maximum Gasteiger partial charge on any atom is 0.255 e. The van der Waals surface area contributed by atoms with Crippen molar-refractivity contribution in [2.24, 2.45) is 0 Å². The highest BCUT2D eigenvalue weighted by atomic mass is 16.5. The Hall–Kier alpha value is -3.06. The minimum Gasteiger partial charge on any atom is -0.368 e. The molecule has 0 radical (unpaired) electrons. The normalized spacial score (nSPS) is 17.4. The Balaban J connectivity index is 1.58. The molecule has 1 aliphatic heterocycles. The number of carbonyl (C=O) groups is 1. The summed E-state index contributed by atoms with van der Waals surface area (Å²) in [5, 5.41) is 0.926. The number of pyridine rings is 1. The second kappa shape index (κ2) is 6.68. The number of aryl methyl sites for hydroxylation is 1. The number of aromatic nitrogens is 3. The lowest BCUT2D eigenvalue weighted by molar-refractivity contribution is -0.0249. The molecule has 4 rings (SSSR count). The highest BCUT2D eigenvalue weighted by molar-refractivity contribution is 5.97. The largest absolute Gasteiger partial charge is 0.368 e. The van der Waals surface area contributed by atoms with Gasteiger partial charge in [0.25, 0.3) is 11.5 Å². The number of fused-ring (bicyclic) bond motifs is 1. The number of aromatic amines is 1. The summed E-state index contributed by atoms with van der Waals surface area (Å²) in [6.07, 6.45) is 1.19. The summed E-state index contributed by atoms with van der Waals surface area (Å²) in [6, 6.07) is 11.0. The SMILES string of the molecule is Cc1nc([C@@H]2CN(C(=O)c3cnc4ccccc4c3)CCO2)cc(=O)[nH]1. The van der Waals surface area contributed by atoms with Gasteiger partial charge in [-0.15, -0.1) is 0 Å². The number of rotatable bonds is 2. The van der Waals surface area contributed by atoms with E-state index in [-0.39, 0.29) is 11.5 Å². The van der Waals surface area contributed by atoms with Gasteiger partial charge >= 0.3 is 0 Å². The van der Waals surface area contributed by atoms with E-state index in [0.29, 0.717) is 36.8 Å². The first-order chi connectivity index (χ1) is 12.6. The lowest BCUT2D eigenvalue weighted by atomic mass is 10.1. The van der Waals surface area contributed by atoms with Gasteiger partial charge in [-0.1, -0.05) is 18.2 Å². The molecule has 0 bridgehead atoms. The minimum absolute atomic E-state index is 0.0990. The molecule has 1 saturated heterocycles. The lowest BCUT2D eigenvalue weighted by Crippen LogP contribution is -2.42. The molecule has 0 spiro atoms. The van der Waals surface area contributed by atoms with Crippen LogP contribution in [0.2, 0.25) is 0 Å². The van der Waals surface area contributed by atoms with Crippen LogP contribution in [0.15, 0.2) is 47.4 Å². The van der Waals surface area contributed by atoms with Crippen LogP contribution in [0, 0.1) is 6.92 Å². The molecule has 132 valence electrons. The van der Waals surface area contributed by atoms with Crippen LogP contribution in [0.3, 0.4) is 0 Å². The summed E-state index contributed by atoms with van der Waals surface area (Å²) < 4.78 is 5.74. The fourth-order valence-corrected chi connectivity index (χ4v) is 3.15. The Kier molecular flexibility index (Phi) is 4.22. The number of para-hydroxylation sites is 1. The van der Waals surface area contributed by atoms with E-state index < -0.39 is 6.10 Å². The smallest absolute Gasteiger partial charge is 0.255 e. The van der Waals surface area contributed by atoms with E-state index in [1.807, 2.05) is 30.3 Å². The van der Waals surface area contributed by atoms with Crippen molar-refractivity contribution in [3.8, 4) is 0 Å². The van der Waals surface area contributed by atoms with Crippen molar-refractivity contribution in [2.45, 2.75) is 13.0 Å². The molecule has 2 aromatic heterocycles. The van der Waals surface area contributed by atoms with Crippen molar-refractivity contribution >= 4 is 16.8 Å². The van der Waals surface area contributed by atoms with Gasteiger partial charge in [-0.2, -0.15) is 0 Å². The molecule has 0 unspecified atom stereocenters. The molecule has 26 heavy (non-hydrogen) atoms. The topological polar surface area (TPSA) is 88.2 Å². The Labute approximate surface area is 149 Å². The van der Waals surface area contributed by atoms with Crippen molar-refractivity contribution < 1.29 is 9.53 Å². The highest BCUT2D eigenvalue weighted by Gasteiger charge is 2.27. The second-order valence-corrected chi connectivity index (χ2v) is 6.28. The summed E-state index contributed by atoms with van der Waals surface area (Å²) in [5.74, 6) is 0.427. The van der Waals surface area contributed by atoms with Gasteiger partial charge in [-0.25, -0.2) is 4.98 Å². The number of hydrogen-bond acceptors (Lipinski definition) is 5. The van der Waals surface area contributed by atoms with Crippen molar-refractivity contribution in [1.82, 2.24) is 19.9 Å². The first-order valence-corrected chi connectivity index (χ1v) is 8.44. The van der Waals surface area contributed by atoms with Gasteiger partial charge in [0.2, 0.25) is 0 Å². The monoisotopic (exact) mass is 350 g/mol. The molecule has 3 heterocycles. The van der Waals surface area contributed by atoms with Gasteiger partial charge in [0.15, 0.2) is 0 Å². The van der Waals surface area contributed by atoms with Gasteiger partial charge in [-0.3, -0.25) is 14.6 Å². The number of benzene rings is 1. The first kappa shape index (κ1) is 16.4. The zero-order valence-corrected chi connectivity index (χ0v) is 14.3. The quantitative estimate of drug-likeness (QED) is 0.762. The van der Waals surface area contributed by atoms with Crippen LogP contribution < -0.4 is 5.56 Å². The minimum atomic E-state index is -0.415. The van der Waals surface area contributed by atoms with Crippen LogP contribution in [0.4, 0.5) is 0 Å². The number of ether oxygens (including phenoxy) is 1. The number of nitrogens with one attached hydrogen (secondary N) is 1. The Morgan fingerprint density at radius 3 is 3.00 bits per heavy atom. The highest BCUT2D eigenvalue weighted by Crippen LogP contribution is 2.22. The maximum atomic E-state index is 12.9. The van der Waals surface area contributed by atoms with E-state index in [4.69, 9.17) is 4.74 Å². The second-order valence-electron chi connectivity index (χ2n) is 6.28. The zero-order valence-electron chi connectivity index (χ0n) is 14.3. The lowest BCUT2D eigenvalue weighted by Gasteiger charge is -2.32. The van der Waals surface area contributed by atoms with E-state index in [0.717, 1.165) is 10.9 Å². The van der Waals surface area contributed by atoms with Gasteiger partial charge in [0.1, 0.15) is 11.9 Å². The fraction of sp³-hybridized carbons (Fsp3) is 0.263. The van der Waals surface area contributed by atoms with Crippen molar-refractivity contribution in [3.63, 3.8) is 0 Å². The van der Waals surface area contributed by atoms with Crippen LogP contribution in [0.1, 0.15) is 28.0 Å². The molecule has 7 heteroatoms. The summed E-state index contributed by atoms with van der Waals surface area (Å²) >= 11 is 0. The van der Waals surface area contributed by atoms with Gasteiger partial charge < -0.3 is 14.6 Å². The molecule has 1 N–H and O–H groups in total. The van der Waals surface area contributed by atoms with Crippen LogP contribution in [-0.4, -0.2) is 45.5 Å². The summed E-state index contributed by atoms with van der Waals surface area (Å²) in [4.78, 5) is 37.6. The zero-order chi connectivity index (χ0) is 18.1. The molecule has 1 amide bonds. The third kappa shape index (κ3) is 3.21. The molecule has 3 aromatic rings.